The van der Waals surface area contributed by atoms with Crippen molar-refractivity contribution in [3.8, 4) is 0 Å². The fraction of sp³-hybridized carbons (Fsp3) is 0.667. The molecule has 1 amide bonds. The Morgan fingerprint density at radius 3 is 2.90 bits per heavy atom. The van der Waals surface area contributed by atoms with Crippen LogP contribution in [0.2, 0.25) is 0 Å². The van der Waals surface area contributed by atoms with Gasteiger partial charge in [0.05, 0.1) is 30.7 Å². The number of likely N-dealkylation sites (tertiary alicyclic amines) is 1. The summed E-state index contributed by atoms with van der Waals surface area (Å²) >= 11 is 0. The maximum atomic E-state index is 12.2. The van der Waals surface area contributed by atoms with Crippen LogP contribution in [-0.4, -0.2) is 48.8 Å². The number of H-pyrrole nitrogens is 1. The first-order valence-electron chi connectivity index (χ1n) is 6.62. The van der Waals surface area contributed by atoms with Crippen LogP contribution >= 0.6 is 0 Å². The average Bonchev–Trinajstić information content (AvgIpc) is 2.81. The van der Waals surface area contributed by atoms with Crippen LogP contribution in [0.4, 0.5) is 0 Å². The first kappa shape index (κ1) is 15.0. The number of hydrogen-bond donors (Lipinski definition) is 2. The Morgan fingerprint density at radius 2 is 2.30 bits per heavy atom. The summed E-state index contributed by atoms with van der Waals surface area (Å²) in [5, 5.41) is 6.95. The van der Waals surface area contributed by atoms with Crippen molar-refractivity contribution in [3.63, 3.8) is 0 Å². The Morgan fingerprint density at radius 1 is 1.55 bits per heavy atom. The van der Waals surface area contributed by atoms with Crippen molar-refractivity contribution in [2.24, 2.45) is 0 Å². The zero-order valence-electron chi connectivity index (χ0n) is 11.7. The van der Waals surface area contributed by atoms with E-state index in [-0.39, 0.29) is 18.5 Å². The number of piperidine rings is 1. The van der Waals surface area contributed by atoms with Gasteiger partial charge in [-0.2, -0.15) is 5.10 Å². The third-order valence-corrected chi connectivity index (χ3v) is 4.18. The number of aromatic nitrogens is 2. The molecule has 7 nitrogen and oxygen atoms in total. The molecule has 0 unspecified atom stereocenters. The Balaban J connectivity index is 2.11. The van der Waals surface area contributed by atoms with Crippen LogP contribution in [0.15, 0.2) is 6.20 Å². The van der Waals surface area contributed by atoms with Gasteiger partial charge in [0.2, 0.25) is 15.9 Å². The van der Waals surface area contributed by atoms with Crippen LogP contribution in [-0.2, 0) is 14.8 Å². The largest absolute Gasteiger partial charge is 0.333 e. The molecule has 0 aliphatic carbocycles. The van der Waals surface area contributed by atoms with Gasteiger partial charge in [0.25, 0.3) is 0 Å². The predicted octanol–water partition coefficient (Wildman–Crippen LogP) is 0.321. The number of amides is 1. The van der Waals surface area contributed by atoms with Gasteiger partial charge in [0.1, 0.15) is 0 Å². The molecule has 0 saturated carbocycles. The number of hydrogen-bond acceptors (Lipinski definition) is 4. The molecule has 2 rings (SSSR count). The van der Waals surface area contributed by atoms with Crippen LogP contribution in [0.5, 0.6) is 0 Å². The zero-order chi connectivity index (χ0) is 14.8. The summed E-state index contributed by atoms with van der Waals surface area (Å²) in [6.45, 7) is 2.40. The number of nitrogens with one attached hydrogen (secondary N) is 2. The van der Waals surface area contributed by atoms with Crippen molar-refractivity contribution < 1.29 is 13.2 Å². The number of nitrogens with zero attached hydrogens (tertiary/aromatic N) is 2. The van der Waals surface area contributed by atoms with E-state index in [1.54, 1.807) is 11.1 Å². The Bertz CT molecular complexity index is 581. The lowest BCUT2D eigenvalue weighted by molar-refractivity contribution is -0.133. The van der Waals surface area contributed by atoms with E-state index in [1.165, 1.54) is 0 Å². The molecule has 2 heterocycles. The fourth-order valence-electron chi connectivity index (χ4n) is 2.52. The van der Waals surface area contributed by atoms with E-state index in [1.807, 2.05) is 6.92 Å². The molecule has 20 heavy (non-hydrogen) atoms. The van der Waals surface area contributed by atoms with Crippen LogP contribution in [0.25, 0.3) is 0 Å². The van der Waals surface area contributed by atoms with E-state index in [2.05, 4.69) is 14.9 Å². The van der Waals surface area contributed by atoms with Crippen LogP contribution in [0.3, 0.4) is 0 Å². The molecule has 1 fully saturated rings. The molecule has 1 aromatic rings. The van der Waals surface area contributed by atoms with E-state index in [0.29, 0.717) is 6.54 Å². The molecule has 1 atom stereocenters. The predicted molar refractivity (Wildman–Crippen MR) is 74.5 cm³/mol. The van der Waals surface area contributed by atoms with Crippen molar-refractivity contribution in [3.05, 3.63) is 17.5 Å². The van der Waals surface area contributed by atoms with Crippen molar-refractivity contribution in [1.29, 1.82) is 0 Å². The normalized spacial score (nSPS) is 20.1. The van der Waals surface area contributed by atoms with Crippen molar-refractivity contribution in [2.45, 2.75) is 32.2 Å². The van der Waals surface area contributed by atoms with Crippen LogP contribution in [0, 0.1) is 6.92 Å². The van der Waals surface area contributed by atoms with Gasteiger partial charge in [-0.3, -0.25) is 9.89 Å². The summed E-state index contributed by atoms with van der Waals surface area (Å²) in [5.74, 6) is -0.200. The summed E-state index contributed by atoms with van der Waals surface area (Å²) in [4.78, 5) is 14.0. The summed E-state index contributed by atoms with van der Waals surface area (Å²) < 4.78 is 24.4. The van der Waals surface area contributed by atoms with Gasteiger partial charge in [0.15, 0.2) is 0 Å². The molecule has 0 aromatic carbocycles. The molecule has 0 spiro atoms. The fourth-order valence-corrected chi connectivity index (χ4v) is 2.90. The second-order valence-electron chi connectivity index (χ2n) is 5.16. The monoisotopic (exact) mass is 300 g/mol. The molecular formula is C12H20N4O3S. The van der Waals surface area contributed by atoms with E-state index in [9.17, 15) is 13.2 Å². The molecule has 2 N–H and O–H groups in total. The number of aryl methyl sites for hydroxylation is 1. The number of carbonyl (C=O) groups is 1. The molecule has 1 aromatic heterocycles. The van der Waals surface area contributed by atoms with Gasteiger partial charge in [-0.15, -0.1) is 0 Å². The quantitative estimate of drug-likeness (QED) is 0.837. The summed E-state index contributed by atoms with van der Waals surface area (Å²) in [7, 11) is -3.35. The molecule has 0 bridgehead atoms. The lowest BCUT2D eigenvalue weighted by atomic mass is 9.97. The molecule has 0 radical (unpaired) electrons. The average molecular weight is 300 g/mol. The zero-order valence-corrected chi connectivity index (χ0v) is 12.5. The van der Waals surface area contributed by atoms with Crippen molar-refractivity contribution in [1.82, 2.24) is 19.8 Å². The Kier molecular flexibility index (Phi) is 4.44. The van der Waals surface area contributed by atoms with Gasteiger partial charge in [-0.05, 0) is 31.7 Å². The molecule has 1 saturated heterocycles. The number of rotatable bonds is 4. The van der Waals surface area contributed by atoms with Gasteiger partial charge in [0, 0.05) is 6.54 Å². The third-order valence-electron chi connectivity index (χ3n) is 3.51. The van der Waals surface area contributed by atoms with Crippen molar-refractivity contribution in [2.75, 3.05) is 19.3 Å². The lowest BCUT2D eigenvalue weighted by Crippen LogP contribution is -2.44. The second-order valence-corrected chi connectivity index (χ2v) is 6.99. The summed E-state index contributed by atoms with van der Waals surface area (Å²) in [6.07, 6.45) is 5.64. The highest BCUT2D eigenvalue weighted by molar-refractivity contribution is 7.88. The second kappa shape index (κ2) is 5.92. The molecule has 1 aliphatic heterocycles. The van der Waals surface area contributed by atoms with E-state index >= 15 is 0 Å². The number of aromatic amines is 1. The first-order chi connectivity index (χ1) is 9.38. The lowest BCUT2D eigenvalue weighted by Gasteiger charge is -2.35. The maximum Gasteiger partial charge on any atom is 0.238 e. The first-order valence-corrected chi connectivity index (χ1v) is 8.51. The molecule has 8 heteroatoms. The topological polar surface area (TPSA) is 95.2 Å². The number of carbonyl (C=O) groups excluding carboxylic acids is 1. The van der Waals surface area contributed by atoms with Crippen LogP contribution in [0.1, 0.15) is 36.6 Å². The van der Waals surface area contributed by atoms with Gasteiger partial charge >= 0.3 is 0 Å². The van der Waals surface area contributed by atoms with Crippen LogP contribution < -0.4 is 4.72 Å². The van der Waals surface area contributed by atoms with Gasteiger partial charge < -0.3 is 4.90 Å². The standard InChI is InChI=1S/C12H20N4O3S/c1-9-7-13-15-12(9)10-5-3-4-6-16(10)11(17)8-14-20(2,18)19/h7,10,14H,3-6,8H2,1-2H3,(H,13,15)/t10-/m0/s1. The maximum absolute atomic E-state index is 12.2. The Labute approximate surface area is 118 Å². The summed E-state index contributed by atoms with van der Waals surface area (Å²) in [5.41, 5.74) is 1.96. The molecule has 1 aliphatic rings. The third kappa shape index (κ3) is 3.57. The Hall–Kier alpha value is -1.41. The molecular weight excluding hydrogens is 280 g/mol. The highest BCUT2D eigenvalue weighted by atomic mass is 32.2. The highest BCUT2D eigenvalue weighted by Gasteiger charge is 2.30. The molecule has 112 valence electrons. The van der Waals surface area contributed by atoms with E-state index in [4.69, 9.17) is 0 Å². The highest BCUT2D eigenvalue weighted by Crippen LogP contribution is 2.31. The minimum absolute atomic E-state index is 0.0416. The summed E-state index contributed by atoms with van der Waals surface area (Å²) in [6, 6.07) is -0.0416. The van der Waals surface area contributed by atoms with Crippen molar-refractivity contribution >= 4 is 15.9 Å². The SMILES string of the molecule is Cc1cn[nH]c1[C@@H]1CCCCN1C(=O)CNS(C)(=O)=O. The minimum Gasteiger partial charge on any atom is -0.333 e. The minimum atomic E-state index is -3.35. The number of sulfonamides is 1. The smallest absolute Gasteiger partial charge is 0.238 e. The van der Waals surface area contributed by atoms with Gasteiger partial charge in [-0.25, -0.2) is 13.1 Å². The van der Waals surface area contributed by atoms with E-state index < -0.39 is 10.0 Å². The van der Waals surface area contributed by atoms with Gasteiger partial charge in [-0.1, -0.05) is 0 Å². The van der Waals surface area contributed by atoms with E-state index in [0.717, 1.165) is 36.8 Å².